The molecule has 0 N–H and O–H groups in total. The Morgan fingerprint density at radius 3 is 1.06 bits per heavy atom. The van der Waals surface area contributed by atoms with Crippen molar-refractivity contribution < 1.29 is 8.83 Å². The van der Waals surface area contributed by atoms with E-state index in [2.05, 4.69) is 254 Å². The zero-order valence-electron chi connectivity index (χ0n) is 37.7. The van der Waals surface area contributed by atoms with Gasteiger partial charge in [0.2, 0.25) is 0 Å². The van der Waals surface area contributed by atoms with Crippen LogP contribution in [-0.2, 0) is 0 Å². The maximum absolute atomic E-state index is 7.28. The summed E-state index contributed by atoms with van der Waals surface area (Å²) in [6, 6.07) is 82.4. The van der Waals surface area contributed by atoms with Crippen LogP contribution in [0.3, 0.4) is 0 Å². The van der Waals surface area contributed by atoms with Crippen LogP contribution in [0.15, 0.2) is 239 Å². The van der Waals surface area contributed by atoms with Crippen LogP contribution in [0.4, 0.5) is 34.1 Å². The second-order valence-electron chi connectivity index (χ2n) is 17.9. The number of aryl methyl sites for hydroxylation is 2. The Morgan fingerprint density at radius 2 is 0.662 bits per heavy atom. The lowest BCUT2D eigenvalue weighted by atomic mass is 9.89. The lowest BCUT2D eigenvalue weighted by Crippen LogP contribution is -2.09. The summed E-state index contributed by atoms with van der Waals surface area (Å²) in [6.45, 7) is 4.29. The van der Waals surface area contributed by atoms with Gasteiger partial charge >= 0.3 is 0 Å². The first-order valence-corrected chi connectivity index (χ1v) is 23.2. The Hall–Kier alpha value is -8.86. The molecule has 11 aromatic carbocycles. The predicted octanol–water partition coefficient (Wildman–Crippen LogP) is 18.7. The topological polar surface area (TPSA) is 32.8 Å². The van der Waals surface area contributed by atoms with Crippen LogP contribution in [0, 0.1) is 13.8 Å². The van der Waals surface area contributed by atoms with Gasteiger partial charge < -0.3 is 18.6 Å². The van der Waals surface area contributed by atoms with Crippen molar-refractivity contribution in [2.45, 2.75) is 13.8 Å². The number of hydrogen-bond acceptors (Lipinski definition) is 4. The number of nitrogens with zero attached hydrogens (tertiary/aromatic N) is 2. The minimum atomic E-state index is 0.826. The number of furan rings is 2. The predicted molar refractivity (Wildman–Crippen MR) is 286 cm³/mol. The van der Waals surface area contributed by atoms with E-state index < -0.39 is 0 Å². The van der Waals surface area contributed by atoms with Gasteiger partial charge in [0, 0.05) is 66.8 Å². The van der Waals surface area contributed by atoms with Crippen LogP contribution in [0.1, 0.15) is 11.1 Å². The Labute approximate surface area is 394 Å². The van der Waals surface area contributed by atoms with Crippen molar-refractivity contribution in [3.05, 3.63) is 242 Å². The molecular formula is C64H44N2O2. The highest BCUT2D eigenvalue weighted by Crippen LogP contribution is 2.52. The normalized spacial score (nSPS) is 11.7. The van der Waals surface area contributed by atoms with E-state index in [1.807, 2.05) is 0 Å². The van der Waals surface area contributed by atoms with Crippen molar-refractivity contribution >= 4 is 99.5 Å². The molecule has 0 fully saturated rings. The molecule has 0 aliphatic carbocycles. The fraction of sp³-hybridized carbons (Fsp3) is 0.0312. The highest BCUT2D eigenvalue weighted by atomic mass is 16.3. The van der Waals surface area contributed by atoms with E-state index in [0.29, 0.717) is 0 Å². The van der Waals surface area contributed by atoms with Gasteiger partial charge in [0.1, 0.15) is 22.3 Å². The lowest BCUT2D eigenvalue weighted by molar-refractivity contribution is 0.665. The Morgan fingerprint density at radius 1 is 0.294 bits per heavy atom. The van der Waals surface area contributed by atoms with Crippen LogP contribution in [0.2, 0.25) is 0 Å². The Balaban J connectivity index is 1.08. The monoisotopic (exact) mass is 872 g/mol. The van der Waals surface area contributed by atoms with Crippen molar-refractivity contribution in [3.8, 4) is 22.3 Å². The molecule has 0 amide bonds. The van der Waals surface area contributed by atoms with Gasteiger partial charge in [-0.2, -0.15) is 0 Å². The van der Waals surface area contributed by atoms with E-state index in [1.165, 1.54) is 11.1 Å². The number of anilines is 6. The van der Waals surface area contributed by atoms with E-state index >= 15 is 0 Å². The first kappa shape index (κ1) is 39.5. The van der Waals surface area contributed by atoms with Gasteiger partial charge in [0.05, 0.1) is 0 Å². The van der Waals surface area contributed by atoms with Gasteiger partial charge in [-0.25, -0.2) is 0 Å². The van der Waals surface area contributed by atoms with E-state index in [-0.39, 0.29) is 0 Å². The molecular weight excluding hydrogens is 829 g/mol. The third kappa shape index (κ3) is 6.60. The van der Waals surface area contributed by atoms with Crippen molar-refractivity contribution in [1.82, 2.24) is 0 Å². The van der Waals surface area contributed by atoms with Gasteiger partial charge in [0.25, 0.3) is 0 Å². The van der Waals surface area contributed by atoms with Crippen molar-refractivity contribution in [3.63, 3.8) is 0 Å². The molecule has 13 aromatic rings. The average molecular weight is 873 g/mol. The summed E-state index contributed by atoms with van der Waals surface area (Å²) in [4.78, 5) is 4.65. The average Bonchev–Trinajstić information content (AvgIpc) is 3.93. The van der Waals surface area contributed by atoms with Gasteiger partial charge in [0.15, 0.2) is 0 Å². The molecule has 4 nitrogen and oxygen atoms in total. The molecule has 0 saturated heterocycles. The molecule has 0 radical (unpaired) electrons. The third-order valence-corrected chi connectivity index (χ3v) is 13.4. The number of benzene rings is 11. The molecule has 0 bridgehead atoms. The summed E-state index contributed by atoms with van der Waals surface area (Å²) < 4.78 is 14.6. The summed E-state index contributed by atoms with van der Waals surface area (Å²) in [5.41, 5.74) is 16.5. The molecule has 0 atom stereocenters. The maximum atomic E-state index is 7.28. The number of fused-ring (bicyclic) bond motifs is 9. The summed E-state index contributed by atoms with van der Waals surface area (Å²) in [7, 11) is 0. The summed E-state index contributed by atoms with van der Waals surface area (Å²) in [6.07, 6.45) is 0. The van der Waals surface area contributed by atoms with Crippen LogP contribution in [0.25, 0.3) is 87.7 Å². The van der Waals surface area contributed by atoms with E-state index in [4.69, 9.17) is 8.83 Å². The van der Waals surface area contributed by atoms with Crippen LogP contribution in [-0.4, -0.2) is 0 Å². The van der Waals surface area contributed by atoms with E-state index in [1.54, 1.807) is 0 Å². The standard InChI is InChI=1S/C64H44N2O2/c1-41-17-15-27-51(33-41)65(49-23-11-5-12-24-49)53-31-29-45-37-55-57(39-47(45)35-53)67-63-59(43-19-7-3-8-20-43)60(44-21-9-4-10-22-44)64-62(61(55)63)56-38-46-30-32-54(36-48(46)40-58(56)68-64)66(50-25-13-6-14-26-50)52-28-16-18-42(2)34-52/h3-40H,1-2H3. The Kier molecular flexibility index (Phi) is 9.26. The molecule has 0 unspecified atom stereocenters. The molecule has 2 heterocycles. The molecule has 68 heavy (non-hydrogen) atoms. The van der Waals surface area contributed by atoms with Crippen LogP contribution >= 0.6 is 0 Å². The molecule has 13 rings (SSSR count). The third-order valence-electron chi connectivity index (χ3n) is 13.4. The molecule has 2 aromatic heterocycles. The van der Waals surface area contributed by atoms with E-state index in [9.17, 15) is 0 Å². The molecule has 0 aliphatic heterocycles. The summed E-state index contributed by atoms with van der Waals surface area (Å²) in [5, 5.41) is 8.65. The van der Waals surface area contributed by atoms with Crippen molar-refractivity contribution in [1.29, 1.82) is 0 Å². The van der Waals surface area contributed by atoms with E-state index in [0.717, 1.165) is 122 Å². The minimum absolute atomic E-state index is 0.826. The molecule has 322 valence electrons. The van der Waals surface area contributed by atoms with Crippen molar-refractivity contribution in [2.75, 3.05) is 9.80 Å². The number of hydrogen-bond donors (Lipinski definition) is 0. The second kappa shape index (κ2) is 15.9. The molecule has 0 aliphatic rings. The largest absolute Gasteiger partial charge is 0.455 e. The van der Waals surface area contributed by atoms with Crippen molar-refractivity contribution in [2.24, 2.45) is 0 Å². The first-order chi connectivity index (χ1) is 33.5. The second-order valence-corrected chi connectivity index (χ2v) is 17.9. The quantitative estimate of drug-likeness (QED) is 0.152. The Bertz CT molecular complexity index is 3780. The van der Waals surface area contributed by atoms with Gasteiger partial charge in [-0.15, -0.1) is 0 Å². The molecule has 0 saturated carbocycles. The highest BCUT2D eigenvalue weighted by Gasteiger charge is 2.27. The molecule has 4 heteroatoms. The zero-order valence-corrected chi connectivity index (χ0v) is 37.7. The highest BCUT2D eigenvalue weighted by molar-refractivity contribution is 6.33. The molecule has 0 spiro atoms. The SMILES string of the molecule is Cc1cccc(N(c2ccccc2)c2ccc3cc4c(cc3c2)oc2c(-c3ccccc3)c(-c3ccccc3)c3oc5cc6cc(N(c7ccccc7)c7cccc(C)c7)ccc6cc5c3c24)c1. The summed E-state index contributed by atoms with van der Waals surface area (Å²) in [5.74, 6) is 0. The number of rotatable bonds is 8. The fourth-order valence-corrected chi connectivity index (χ4v) is 10.4. The van der Waals surface area contributed by atoms with Gasteiger partial charge in [-0.1, -0.05) is 133 Å². The lowest BCUT2D eigenvalue weighted by Gasteiger charge is -2.26. The zero-order chi connectivity index (χ0) is 45.3. The van der Waals surface area contributed by atoms with Gasteiger partial charge in [-0.3, -0.25) is 0 Å². The minimum Gasteiger partial charge on any atom is -0.455 e. The number of para-hydroxylation sites is 2. The van der Waals surface area contributed by atoms with Crippen LogP contribution < -0.4 is 9.80 Å². The fourth-order valence-electron chi connectivity index (χ4n) is 10.4. The summed E-state index contributed by atoms with van der Waals surface area (Å²) >= 11 is 0. The smallest absolute Gasteiger partial charge is 0.144 e. The first-order valence-electron chi connectivity index (χ1n) is 23.2. The van der Waals surface area contributed by atoms with Crippen LogP contribution in [0.5, 0.6) is 0 Å². The van der Waals surface area contributed by atoms with Gasteiger partial charge in [-0.05, 0) is 155 Å². The maximum Gasteiger partial charge on any atom is 0.144 e.